The fourth-order valence-electron chi connectivity index (χ4n) is 6.98. The van der Waals surface area contributed by atoms with Gasteiger partial charge in [0.05, 0.1) is 0 Å². The quantitative estimate of drug-likeness (QED) is 0.786. The second kappa shape index (κ2) is 5.59. The molecule has 142 valence electrons. The Morgan fingerprint density at radius 1 is 1.19 bits per heavy atom. The van der Waals surface area contributed by atoms with Crippen LogP contribution >= 0.6 is 0 Å². The maximum atomic E-state index is 13.3. The van der Waals surface area contributed by atoms with Crippen molar-refractivity contribution in [2.24, 2.45) is 28.6 Å². The standard InChI is InChI=1S/C21H28O5/c1-19-7-5-13(23)9-12(19)3-4-14-15-6-8-21(26,17(25)11-22)20(15,2)10-16(24)18(14)19/h9,14-15,18,22,26H,3-8,10-11H2,1-2H3/t14-,15+,18+,19-,20-,21-/m0/s1. The molecular formula is C21H28O5. The third-order valence-corrected chi connectivity index (χ3v) is 8.41. The van der Waals surface area contributed by atoms with Gasteiger partial charge >= 0.3 is 0 Å². The van der Waals surface area contributed by atoms with Crippen molar-refractivity contribution in [2.75, 3.05) is 6.61 Å². The predicted molar refractivity (Wildman–Crippen MR) is 94.1 cm³/mol. The van der Waals surface area contributed by atoms with Gasteiger partial charge in [-0.25, -0.2) is 0 Å². The number of Topliss-reactive ketones (excluding diaryl/α,β-unsaturated/α-hetero) is 2. The summed E-state index contributed by atoms with van der Waals surface area (Å²) in [6.45, 7) is 3.31. The molecule has 2 N–H and O–H groups in total. The molecule has 0 heterocycles. The van der Waals surface area contributed by atoms with Crippen molar-refractivity contribution < 1.29 is 24.6 Å². The van der Waals surface area contributed by atoms with Crippen LogP contribution in [0.5, 0.6) is 0 Å². The largest absolute Gasteiger partial charge is 0.388 e. The van der Waals surface area contributed by atoms with E-state index in [4.69, 9.17) is 0 Å². The van der Waals surface area contributed by atoms with Gasteiger partial charge in [0, 0.05) is 24.2 Å². The lowest BCUT2D eigenvalue weighted by molar-refractivity contribution is -0.170. The molecular weight excluding hydrogens is 332 g/mol. The number of fused-ring (bicyclic) bond motifs is 5. The van der Waals surface area contributed by atoms with Crippen LogP contribution in [0.4, 0.5) is 0 Å². The van der Waals surface area contributed by atoms with E-state index in [0.717, 1.165) is 18.4 Å². The van der Waals surface area contributed by atoms with Crippen LogP contribution in [0.15, 0.2) is 11.6 Å². The van der Waals surface area contributed by atoms with Crippen molar-refractivity contribution in [3.63, 3.8) is 0 Å². The summed E-state index contributed by atoms with van der Waals surface area (Å²) in [4.78, 5) is 37.5. The summed E-state index contributed by atoms with van der Waals surface area (Å²) in [6, 6.07) is 0. The molecule has 0 aromatic heterocycles. The van der Waals surface area contributed by atoms with E-state index in [1.54, 1.807) is 6.08 Å². The summed E-state index contributed by atoms with van der Waals surface area (Å²) >= 11 is 0. The molecule has 5 heteroatoms. The number of hydrogen-bond acceptors (Lipinski definition) is 5. The first-order valence-corrected chi connectivity index (χ1v) is 9.80. The van der Waals surface area contributed by atoms with Crippen LogP contribution in [-0.4, -0.2) is 39.8 Å². The molecule has 4 aliphatic carbocycles. The minimum Gasteiger partial charge on any atom is -0.388 e. The van der Waals surface area contributed by atoms with Crippen LogP contribution in [0, 0.1) is 28.6 Å². The second-order valence-corrected chi connectivity index (χ2v) is 9.38. The molecule has 0 saturated heterocycles. The highest BCUT2D eigenvalue weighted by atomic mass is 16.3. The first kappa shape index (κ1) is 18.1. The molecule has 0 aromatic carbocycles. The Hall–Kier alpha value is -1.33. The molecule has 0 spiro atoms. The lowest BCUT2D eigenvalue weighted by Gasteiger charge is -2.57. The highest BCUT2D eigenvalue weighted by Crippen LogP contribution is 2.66. The number of rotatable bonds is 2. The van der Waals surface area contributed by atoms with Crippen molar-refractivity contribution in [2.45, 2.75) is 64.4 Å². The Labute approximate surface area is 153 Å². The number of allylic oxidation sites excluding steroid dienone is 1. The van der Waals surface area contributed by atoms with E-state index >= 15 is 0 Å². The van der Waals surface area contributed by atoms with E-state index < -0.39 is 23.4 Å². The van der Waals surface area contributed by atoms with Crippen LogP contribution in [0.25, 0.3) is 0 Å². The van der Waals surface area contributed by atoms with Crippen molar-refractivity contribution in [3.8, 4) is 0 Å². The van der Waals surface area contributed by atoms with Gasteiger partial charge in [-0.2, -0.15) is 0 Å². The Balaban J connectivity index is 1.75. The smallest absolute Gasteiger partial charge is 0.190 e. The SMILES string of the molecule is C[C@]12CCC(=O)C=C1CC[C@H]1[C@H]3CC[C@](O)(C(=O)CO)[C@@]3(C)CC(=O)[C@@H]12. The molecule has 4 aliphatic rings. The number of carbonyl (C=O) groups is 3. The molecule has 5 nitrogen and oxygen atoms in total. The van der Waals surface area contributed by atoms with Crippen LogP contribution in [0.3, 0.4) is 0 Å². The normalized spacial score (nSPS) is 47.7. The van der Waals surface area contributed by atoms with Gasteiger partial charge in [-0.1, -0.05) is 19.4 Å². The summed E-state index contributed by atoms with van der Waals surface area (Å²) in [5.74, 6) is -0.172. The summed E-state index contributed by atoms with van der Waals surface area (Å²) in [7, 11) is 0. The maximum absolute atomic E-state index is 13.3. The fourth-order valence-corrected chi connectivity index (χ4v) is 6.98. The van der Waals surface area contributed by atoms with E-state index in [2.05, 4.69) is 6.92 Å². The lowest BCUT2D eigenvalue weighted by atomic mass is 9.46. The molecule has 0 aromatic rings. The molecule has 26 heavy (non-hydrogen) atoms. The molecule has 0 aliphatic heterocycles. The fraction of sp³-hybridized carbons (Fsp3) is 0.762. The highest BCUT2D eigenvalue weighted by Gasteiger charge is 2.68. The van der Waals surface area contributed by atoms with Crippen molar-refractivity contribution >= 4 is 17.3 Å². The van der Waals surface area contributed by atoms with E-state index in [0.29, 0.717) is 25.7 Å². The highest BCUT2D eigenvalue weighted by molar-refractivity contribution is 5.94. The Morgan fingerprint density at radius 2 is 1.92 bits per heavy atom. The zero-order chi connectivity index (χ0) is 18.9. The van der Waals surface area contributed by atoms with Gasteiger partial charge in [0.1, 0.15) is 18.0 Å². The van der Waals surface area contributed by atoms with Gasteiger partial charge in [-0.15, -0.1) is 0 Å². The zero-order valence-electron chi connectivity index (χ0n) is 15.6. The first-order chi connectivity index (χ1) is 12.2. The van der Waals surface area contributed by atoms with Crippen molar-refractivity contribution in [1.82, 2.24) is 0 Å². The molecule has 6 atom stereocenters. The van der Waals surface area contributed by atoms with E-state index in [1.165, 1.54) is 0 Å². The Kier molecular flexibility index (Phi) is 3.88. The van der Waals surface area contributed by atoms with E-state index in [-0.39, 0.29) is 41.2 Å². The maximum Gasteiger partial charge on any atom is 0.190 e. The second-order valence-electron chi connectivity index (χ2n) is 9.38. The van der Waals surface area contributed by atoms with Gasteiger partial charge in [0.15, 0.2) is 11.6 Å². The third kappa shape index (κ3) is 2.07. The minimum absolute atomic E-state index is 0.0988. The number of ketones is 3. The lowest BCUT2D eigenvalue weighted by Crippen LogP contribution is -2.60. The molecule has 0 bridgehead atoms. The van der Waals surface area contributed by atoms with Gasteiger partial charge in [0.25, 0.3) is 0 Å². The zero-order valence-corrected chi connectivity index (χ0v) is 15.6. The van der Waals surface area contributed by atoms with Crippen molar-refractivity contribution in [3.05, 3.63) is 11.6 Å². The molecule has 3 saturated carbocycles. The van der Waals surface area contributed by atoms with Crippen LogP contribution in [0.2, 0.25) is 0 Å². The van der Waals surface area contributed by atoms with Gasteiger partial charge in [-0.3, -0.25) is 14.4 Å². The molecule has 3 fully saturated rings. The summed E-state index contributed by atoms with van der Waals surface area (Å²) in [6.07, 6.45) is 5.83. The van der Waals surface area contributed by atoms with Crippen molar-refractivity contribution in [1.29, 1.82) is 0 Å². The van der Waals surface area contributed by atoms with Crippen LogP contribution in [-0.2, 0) is 14.4 Å². The molecule has 0 unspecified atom stereocenters. The topological polar surface area (TPSA) is 91.7 Å². The van der Waals surface area contributed by atoms with Crippen LogP contribution in [0.1, 0.15) is 58.8 Å². The monoisotopic (exact) mass is 360 g/mol. The van der Waals surface area contributed by atoms with Crippen LogP contribution < -0.4 is 0 Å². The minimum atomic E-state index is -1.60. The van der Waals surface area contributed by atoms with Gasteiger partial charge in [0.2, 0.25) is 0 Å². The number of aliphatic hydroxyl groups is 2. The average molecular weight is 360 g/mol. The summed E-state index contributed by atoms with van der Waals surface area (Å²) in [5, 5.41) is 20.5. The average Bonchev–Trinajstić information content (AvgIpc) is 2.86. The van der Waals surface area contributed by atoms with Gasteiger partial charge in [-0.05, 0) is 55.4 Å². The Bertz CT molecular complexity index is 724. The number of aliphatic hydroxyl groups excluding tert-OH is 1. The molecule has 0 radical (unpaired) electrons. The summed E-state index contributed by atoms with van der Waals surface area (Å²) in [5.41, 5.74) is -1.55. The Morgan fingerprint density at radius 3 is 2.62 bits per heavy atom. The molecule has 0 amide bonds. The predicted octanol–water partition coefficient (Wildman–Crippen LogP) is 1.99. The first-order valence-electron chi connectivity index (χ1n) is 9.80. The molecule has 4 rings (SSSR count). The third-order valence-electron chi connectivity index (χ3n) is 8.41. The summed E-state index contributed by atoms with van der Waals surface area (Å²) < 4.78 is 0. The van der Waals surface area contributed by atoms with Gasteiger partial charge < -0.3 is 10.2 Å². The number of hydrogen-bond donors (Lipinski definition) is 2. The van der Waals surface area contributed by atoms with E-state index in [1.807, 2.05) is 6.92 Å². The number of carbonyl (C=O) groups excluding carboxylic acids is 3. The van der Waals surface area contributed by atoms with E-state index in [9.17, 15) is 24.6 Å².